The number of para-hydroxylation sites is 1. The van der Waals surface area contributed by atoms with Crippen molar-refractivity contribution in [3.63, 3.8) is 0 Å². The maximum absolute atomic E-state index is 11.0. The molecule has 0 aliphatic carbocycles. The van der Waals surface area contributed by atoms with Crippen molar-refractivity contribution >= 4 is 17.2 Å². The molecule has 5 heteroatoms. The second-order valence-corrected chi connectivity index (χ2v) is 5.40. The van der Waals surface area contributed by atoms with Crippen molar-refractivity contribution in [2.45, 2.75) is 0 Å². The fraction of sp³-hybridized carbons (Fsp3) is 0. The number of hydrogen-bond donors (Lipinski definition) is 0. The number of aldehydes is 1. The van der Waals surface area contributed by atoms with E-state index in [2.05, 4.69) is 15.0 Å². The highest BCUT2D eigenvalue weighted by Crippen LogP contribution is 2.30. The van der Waals surface area contributed by atoms with Gasteiger partial charge in [-0.3, -0.25) is 9.78 Å². The number of benzene rings is 2. The third kappa shape index (κ3) is 3.07. The lowest BCUT2D eigenvalue weighted by Crippen LogP contribution is -1.96. The summed E-state index contributed by atoms with van der Waals surface area (Å²) in [5.74, 6) is 1.55. The Morgan fingerprint density at radius 2 is 1.72 bits per heavy atom. The molecule has 2 heterocycles. The van der Waals surface area contributed by atoms with Crippen molar-refractivity contribution in [1.29, 1.82) is 0 Å². The van der Waals surface area contributed by atoms with Gasteiger partial charge >= 0.3 is 0 Å². The molecule has 0 bridgehead atoms. The summed E-state index contributed by atoms with van der Waals surface area (Å²) in [6.45, 7) is 0. The smallest absolute Gasteiger partial charge is 0.230 e. The fourth-order valence-corrected chi connectivity index (χ4v) is 2.52. The molecule has 0 spiro atoms. The molecular formula is C20H13N3O2. The molecule has 2 aromatic heterocycles. The number of nitrogens with zero attached hydrogens (tertiary/aromatic N) is 3. The monoisotopic (exact) mass is 327 g/mol. The Hall–Kier alpha value is -3.60. The minimum absolute atomic E-state index is 0.445. The average Bonchev–Trinajstić information content (AvgIpc) is 2.69. The molecule has 0 aliphatic heterocycles. The molecule has 120 valence electrons. The molecule has 0 atom stereocenters. The highest BCUT2D eigenvalue weighted by molar-refractivity contribution is 5.85. The van der Waals surface area contributed by atoms with Crippen molar-refractivity contribution < 1.29 is 9.53 Å². The van der Waals surface area contributed by atoms with E-state index in [0.717, 1.165) is 22.8 Å². The van der Waals surface area contributed by atoms with Crippen molar-refractivity contribution in [3.8, 4) is 23.0 Å². The topological polar surface area (TPSA) is 65.0 Å². The number of carbonyl (C=O) groups excluding carboxylic acids is 1. The van der Waals surface area contributed by atoms with Crippen LogP contribution in [0.3, 0.4) is 0 Å². The van der Waals surface area contributed by atoms with Gasteiger partial charge < -0.3 is 4.74 Å². The third-order valence-corrected chi connectivity index (χ3v) is 3.72. The predicted octanol–water partition coefficient (Wildman–Crippen LogP) is 4.30. The molecule has 0 saturated heterocycles. The van der Waals surface area contributed by atoms with E-state index >= 15 is 0 Å². The normalized spacial score (nSPS) is 10.6. The van der Waals surface area contributed by atoms with Crippen LogP contribution in [-0.4, -0.2) is 21.2 Å². The summed E-state index contributed by atoms with van der Waals surface area (Å²) < 4.78 is 5.97. The van der Waals surface area contributed by atoms with Crippen molar-refractivity contribution in [3.05, 3.63) is 78.6 Å². The number of rotatable bonds is 4. The van der Waals surface area contributed by atoms with Crippen LogP contribution >= 0.6 is 0 Å². The van der Waals surface area contributed by atoms with E-state index in [4.69, 9.17) is 4.74 Å². The molecule has 0 aliphatic rings. The number of ether oxygens (including phenoxy) is 1. The number of hydrogen-bond acceptors (Lipinski definition) is 5. The maximum Gasteiger partial charge on any atom is 0.230 e. The average molecular weight is 327 g/mol. The zero-order valence-electron chi connectivity index (χ0n) is 13.2. The van der Waals surface area contributed by atoms with E-state index in [0.29, 0.717) is 23.0 Å². The van der Waals surface area contributed by atoms with Crippen molar-refractivity contribution in [1.82, 2.24) is 15.0 Å². The van der Waals surface area contributed by atoms with Gasteiger partial charge in [-0.1, -0.05) is 24.3 Å². The number of carbonyl (C=O) groups is 1. The predicted molar refractivity (Wildman–Crippen MR) is 94.7 cm³/mol. The third-order valence-electron chi connectivity index (χ3n) is 3.72. The lowest BCUT2D eigenvalue weighted by Gasteiger charge is -2.10. The van der Waals surface area contributed by atoms with Crippen LogP contribution in [0, 0.1) is 0 Å². The van der Waals surface area contributed by atoms with E-state index in [1.807, 2.05) is 36.4 Å². The Balaban J connectivity index is 1.85. The van der Waals surface area contributed by atoms with Crippen molar-refractivity contribution in [2.75, 3.05) is 0 Å². The summed E-state index contributed by atoms with van der Waals surface area (Å²) in [6, 6.07) is 18.3. The first-order valence-corrected chi connectivity index (χ1v) is 7.74. The number of aromatic nitrogens is 3. The second kappa shape index (κ2) is 6.49. The molecule has 0 amide bonds. The molecule has 4 rings (SSSR count). The Labute approximate surface area is 144 Å². The van der Waals surface area contributed by atoms with Crippen LogP contribution < -0.4 is 4.74 Å². The molecule has 0 saturated carbocycles. The van der Waals surface area contributed by atoms with Gasteiger partial charge in [-0.2, -0.15) is 4.98 Å². The van der Waals surface area contributed by atoms with Gasteiger partial charge in [-0.15, -0.1) is 0 Å². The summed E-state index contributed by atoms with van der Waals surface area (Å²) >= 11 is 0. The zero-order valence-corrected chi connectivity index (χ0v) is 13.2. The van der Waals surface area contributed by atoms with Crippen LogP contribution in [0.4, 0.5) is 0 Å². The lowest BCUT2D eigenvalue weighted by atomic mass is 10.2. The van der Waals surface area contributed by atoms with Gasteiger partial charge in [0, 0.05) is 23.5 Å². The standard InChI is InChI=1S/C20H13N3O2/c24-13-14-4-3-5-16(12-14)25-20-17-6-1-2-7-18(17)22-19(23-20)15-8-10-21-11-9-15/h1-13H. The van der Waals surface area contributed by atoms with E-state index in [1.165, 1.54) is 0 Å². The lowest BCUT2D eigenvalue weighted by molar-refractivity contribution is 0.112. The van der Waals surface area contributed by atoms with E-state index < -0.39 is 0 Å². The molecule has 4 aromatic rings. The van der Waals surface area contributed by atoms with Gasteiger partial charge in [-0.05, 0) is 36.4 Å². The van der Waals surface area contributed by atoms with Crippen LogP contribution in [0.5, 0.6) is 11.6 Å². The maximum atomic E-state index is 11.0. The minimum Gasteiger partial charge on any atom is -0.438 e. The highest BCUT2D eigenvalue weighted by atomic mass is 16.5. The molecule has 5 nitrogen and oxygen atoms in total. The summed E-state index contributed by atoms with van der Waals surface area (Å²) in [6.07, 6.45) is 4.18. The molecule has 2 aromatic carbocycles. The Kier molecular flexibility index (Phi) is 3.88. The Morgan fingerprint density at radius 3 is 2.56 bits per heavy atom. The van der Waals surface area contributed by atoms with Crippen LogP contribution in [0.25, 0.3) is 22.3 Å². The summed E-state index contributed by atoms with van der Waals surface area (Å²) in [4.78, 5) is 24.2. The molecule has 25 heavy (non-hydrogen) atoms. The second-order valence-electron chi connectivity index (χ2n) is 5.40. The Morgan fingerprint density at radius 1 is 0.880 bits per heavy atom. The summed E-state index contributed by atoms with van der Waals surface area (Å²) in [5, 5.41) is 0.803. The van der Waals surface area contributed by atoms with Crippen LogP contribution in [0.1, 0.15) is 10.4 Å². The van der Waals surface area contributed by atoms with E-state index in [1.54, 1.807) is 36.7 Å². The van der Waals surface area contributed by atoms with Crippen LogP contribution in [0.2, 0.25) is 0 Å². The van der Waals surface area contributed by atoms with Gasteiger partial charge in [0.05, 0.1) is 10.9 Å². The van der Waals surface area contributed by atoms with Gasteiger partial charge in [0.2, 0.25) is 5.88 Å². The Bertz CT molecular complexity index is 1050. The number of fused-ring (bicyclic) bond motifs is 1. The van der Waals surface area contributed by atoms with Gasteiger partial charge in [-0.25, -0.2) is 4.98 Å². The molecule has 0 unspecified atom stereocenters. The van der Waals surface area contributed by atoms with E-state index in [9.17, 15) is 4.79 Å². The SMILES string of the molecule is O=Cc1cccc(Oc2nc(-c3ccncc3)nc3ccccc23)c1. The first-order chi connectivity index (χ1) is 12.3. The highest BCUT2D eigenvalue weighted by Gasteiger charge is 2.11. The van der Waals surface area contributed by atoms with Gasteiger partial charge in [0.15, 0.2) is 5.82 Å². The van der Waals surface area contributed by atoms with Crippen molar-refractivity contribution in [2.24, 2.45) is 0 Å². The summed E-state index contributed by atoms with van der Waals surface area (Å²) in [5.41, 5.74) is 2.18. The first-order valence-electron chi connectivity index (χ1n) is 7.74. The fourth-order valence-electron chi connectivity index (χ4n) is 2.52. The largest absolute Gasteiger partial charge is 0.438 e. The minimum atomic E-state index is 0.445. The molecule has 0 fully saturated rings. The van der Waals surface area contributed by atoms with Crippen LogP contribution in [0.15, 0.2) is 73.1 Å². The van der Waals surface area contributed by atoms with Gasteiger partial charge in [0.1, 0.15) is 12.0 Å². The quantitative estimate of drug-likeness (QED) is 0.523. The number of pyridine rings is 1. The zero-order chi connectivity index (χ0) is 17.1. The van der Waals surface area contributed by atoms with Gasteiger partial charge in [0.25, 0.3) is 0 Å². The first kappa shape index (κ1) is 15.0. The molecule has 0 radical (unpaired) electrons. The summed E-state index contributed by atoms with van der Waals surface area (Å²) in [7, 11) is 0. The molecular weight excluding hydrogens is 314 g/mol. The van der Waals surface area contributed by atoms with E-state index in [-0.39, 0.29) is 0 Å². The van der Waals surface area contributed by atoms with Crippen LogP contribution in [-0.2, 0) is 0 Å². The molecule has 0 N–H and O–H groups in total.